The van der Waals surface area contributed by atoms with E-state index in [4.69, 9.17) is 14.2 Å². The van der Waals surface area contributed by atoms with E-state index in [-0.39, 0.29) is 30.2 Å². The normalized spacial score (nSPS) is 23.7. The van der Waals surface area contributed by atoms with E-state index < -0.39 is 17.5 Å². The summed E-state index contributed by atoms with van der Waals surface area (Å²) >= 11 is 0. The second-order valence-corrected chi connectivity index (χ2v) is 9.47. The van der Waals surface area contributed by atoms with E-state index in [0.29, 0.717) is 18.0 Å². The Morgan fingerprint density at radius 1 is 1.16 bits per heavy atom. The van der Waals surface area contributed by atoms with Crippen LogP contribution in [0.25, 0.3) is 0 Å². The molecule has 0 amide bonds. The largest absolute Gasteiger partial charge is 0.466 e. The van der Waals surface area contributed by atoms with Gasteiger partial charge in [-0.1, -0.05) is 12.1 Å². The standard InChI is InChI=1S/C25H31FN2O4/c1-6-30-22(29)19-12-18(19)16-8-10-21(27-13-16)28-14-17-11-15(7-9-20(17)26)23-31-24(2,3)25(4,5)32-23/h7-11,13,18-19,23H,6,12,14H2,1-5H3,(H,27,28)/t18-,19+/m1/s1. The van der Waals surface area contributed by atoms with Gasteiger partial charge in [-0.05, 0) is 70.7 Å². The highest BCUT2D eigenvalue weighted by molar-refractivity contribution is 5.77. The highest BCUT2D eigenvalue weighted by Crippen LogP contribution is 2.48. The molecule has 1 aromatic heterocycles. The molecular weight excluding hydrogens is 411 g/mol. The molecule has 0 radical (unpaired) electrons. The van der Waals surface area contributed by atoms with Gasteiger partial charge in [0.25, 0.3) is 0 Å². The number of anilines is 1. The van der Waals surface area contributed by atoms with Gasteiger partial charge in [-0.3, -0.25) is 4.79 Å². The molecule has 1 saturated heterocycles. The zero-order valence-corrected chi connectivity index (χ0v) is 19.3. The number of carbonyl (C=O) groups is 1. The number of ether oxygens (including phenoxy) is 3. The Hall–Kier alpha value is -2.51. The van der Waals surface area contributed by atoms with Crippen molar-refractivity contribution in [2.75, 3.05) is 11.9 Å². The van der Waals surface area contributed by atoms with Crippen LogP contribution < -0.4 is 5.32 Å². The molecule has 32 heavy (non-hydrogen) atoms. The predicted octanol–water partition coefficient (Wildman–Crippen LogP) is 5.10. The molecule has 1 aliphatic heterocycles. The van der Waals surface area contributed by atoms with E-state index in [0.717, 1.165) is 17.5 Å². The molecule has 0 unspecified atom stereocenters. The maximum Gasteiger partial charge on any atom is 0.309 e. The van der Waals surface area contributed by atoms with Crippen LogP contribution in [0.5, 0.6) is 0 Å². The van der Waals surface area contributed by atoms with Gasteiger partial charge in [0.2, 0.25) is 0 Å². The average Bonchev–Trinajstić information content (AvgIpc) is 3.50. The summed E-state index contributed by atoms with van der Waals surface area (Å²) in [6, 6.07) is 8.72. The molecule has 172 valence electrons. The van der Waals surface area contributed by atoms with Crippen LogP contribution in [0.1, 0.15) is 69.9 Å². The van der Waals surface area contributed by atoms with E-state index in [1.165, 1.54) is 6.07 Å². The fraction of sp³-hybridized carbons (Fsp3) is 0.520. The van der Waals surface area contributed by atoms with Gasteiger partial charge < -0.3 is 19.5 Å². The van der Waals surface area contributed by atoms with Crippen molar-refractivity contribution in [2.45, 2.75) is 71.0 Å². The number of aromatic nitrogens is 1. The first-order valence-corrected chi connectivity index (χ1v) is 11.1. The molecule has 0 bridgehead atoms. The van der Waals surface area contributed by atoms with Crippen molar-refractivity contribution < 1.29 is 23.4 Å². The summed E-state index contributed by atoms with van der Waals surface area (Å²) in [5.41, 5.74) is 1.40. The quantitative estimate of drug-likeness (QED) is 0.602. The monoisotopic (exact) mass is 442 g/mol. The van der Waals surface area contributed by atoms with Gasteiger partial charge >= 0.3 is 5.97 Å². The molecule has 0 spiro atoms. The van der Waals surface area contributed by atoms with Gasteiger partial charge in [-0.2, -0.15) is 0 Å². The van der Waals surface area contributed by atoms with E-state index in [2.05, 4.69) is 10.3 Å². The van der Waals surface area contributed by atoms with Gasteiger partial charge in [-0.25, -0.2) is 9.37 Å². The molecule has 2 atom stereocenters. The Morgan fingerprint density at radius 3 is 2.47 bits per heavy atom. The van der Waals surface area contributed by atoms with E-state index in [9.17, 15) is 9.18 Å². The first-order valence-electron chi connectivity index (χ1n) is 11.1. The predicted molar refractivity (Wildman–Crippen MR) is 119 cm³/mol. The number of pyridine rings is 1. The lowest BCUT2D eigenvalue weighted by molar-refractivity contribution is -0.144. The van der Waals surface area contributed by atoms with Crippen LogP contribution in [0.15, 0.2) is 36.5 Å². The van der Waals surface area contributed by atoms with Gasteiger partial charge in [0, 0.05) is 23.9 Å². The lowest BCUT2D eigenvalue weighted by Gasteiger charge is -2.30. The Kier molecular flexibility index (Phi) is 5.98. The third-order valence-electron chi connectivity index (χ3n) is 6.65. The van der Waals surface area contributed by atoms with Crippen molar-refractivity contribution in [2.24, 2.45) is 5.92 Å². The minimum absolute atomic E-state index is 0.0672. The van der Waals surface area contributed by atoms with Gasteiger partial charge in [0.1, 0.15) is 11.6 Å². The van der Waals surface area contributed by atoms with Crippen LogP contribution in [0.2, 0.25) is 0 Å². The third-order valence-corrected chi connectivity index (χ3v) is 6.65. The molecule has 2 heterocycles. The smallest absolute Gasteiger partial charge is 0.309 e. The number of carbonyl (C=O) groups excluding carboxylic acids is 1. The Morgan fingerprint density at radius 2 is 1.84 bits per heavy atom. The molecule has 6 nitrogen and oxygen atoms in total. The van der Waals surface area contributed by atoms with Crippen LogP contribution in [0.3, 0.4) is 0 Å². The molecule has 2 fully saturated rings. The highest BCUT2D eigenvalue weighted by Gasteiger charge is 2.49. The van der Waals surface area contributed by atoms with Gasteiger partial charge in [-0.15, -0.1) is 0 Å². The van der Waals surface area contributed by atoms with Crippen molar-refractivity contribution >= 4 is 11.8 Å². The Bertz CT molecular complexity index is 974. The number of hydrogen-bond acceptors (Lipinski definition) is 6. The second-order valence-electron chi connectivity index (χ2n) is 9.47. The molecule has 1 aromatic carbocycles. The van der Waals surface area contributed by atoms with E-state index in [1.807, 2.05) is 46.8 Å². The maximum atomic E-state index is 14.4. The second kappa shape index (κ2) is 8.45. The summed E-state index contributed by atoms with van der Waals surface area (Å²) in [6.07, 6.45) is 2.02. The van der Waals surface area contributed by atoms with Crippen LogP contribution in [-0.2, 0) is 25.5 Å². The summed E-state index contributed by atoms with van der Waals surface area (Å²) in [5.74, 6) is 0.302. The maximum absolute atomic E-state index is 14.4. The van der Waals surface area contributed by atoms with Crippen molar-refractivity contribution in [1.82, 2.24) is 4.98 Å². The summed E-state index contributed by atoms with van der Waals surface area (Å²) in [7, 11) is 0. The minimum Gasteiger partial charge on any atom is -0.466 e. The third kappa shape index (κ3) is 4.50. The molecular formula is C25H31FN2O4. The van der Waals surface area contributed by atoms with Crippen molar-refractivity contribution in [3.05, 3.63) is 59.0 Å². The number of nitrogens with zero attached hydrogens (tertiary/aromatic N) is 1. The van der Waals surface area contributed by atoms with Crippen LogP contribution >= 0.6 is 0 Å². The Balaban J connectivity index is 1.38. The SMILES string of the molecule is CCOC(=O)[C@H]1C[C@@H]1c1ccc(NCc2cc(C3OC(C)(C)C(C)(C)O3)ccc2F)nc1. The molecule has 4 rings (SSSR count). The Labute approximate surface area is 188 Å². The topological polar surface area (TPSA) is 69.7 Å². The van der Waals surface area contributed by atoms with E-state index >= 15 is 0 Å². The number of nitrogens with one attached hydrogen (secondary N) is 1. The molecule has 1 aliphatic carbocycles. The molecule has 2 aliphatic rings. The van der Waals surface area contributed by atoms with Crippen LogP contribution in [0, 0.1) is 11.7 Å². The molecule has 7 heteroatoms. The number of halogens is 1. The van der Waals surface area contributed by atoms with Gasteiger partial charge in [0.05, 0.1) is 23.7 Å². The highest BCUT2D eigenvalue weighted by atomic mass is 19.1. The molecule has 1 saturated carbocycles. The van der Waals surface area contributed by atoms with Crippen LogP contribution in [0.4, 0.5) is 10.2 Å². The van der Waals surface area contributed by atoms with Crippen LogP contribution in [-0.4, -0.2) is 28.8 Å². The molecule has 2 aromatic rings. The zero-order valence-electron chi connectivity index (χ0n) is 19.3. The zero-order chi connectivity index (χ0) is 23.1. The van der Waals surface area contributed by atoms with Crippen molar-refractivity contribution in [1.29, 1.82) is 0 Å². The fourth-order valence-corrected chi connectivity index (χ4v) is 3.84. The number of rotatable bonds is 7. The van der Waals surface area contributed by atoms with E-state index in [1.54, 1.807) is 18.3 Å². The fourth-order valence-electron chi connectivity index (χ4n) is 3.84. The van der Waals surface area contributed by atoms with Crippen molar-refractivity contribution in [3.63, 3.8) is 0 Å². The average molecular weight is 443 g/mol. The lowest BCUT2D eigenvalue weighted by atomic mass is 9.90. The van der Waals surface area contributed by atoms with Crippen molar-refractivity contribution in [3.8, 4) is 0 Å². The number of esters is 1. The number of benzene rings is 1. The summed E-state index contributed by atoms with van der Waals surface area (Å²) in [4.78, 5) is 16.3. The summed E-state index contributed by atoms with van der Waals surface area (Å²) in [6.45, 7) is 10.5. The lowest BCUT2D eigenvalue weighted by Crippen LogP contribution is -2.41. The minimum atomic E-state index is -0.539. The summed E-state index contributed by atoms with van der Waals surface area (Å²) < 4.78 is 31.7. The summed E-state index contributed by atoms with van der Waals surface area (Å²) in [5, 5.41) is 3.17. The first kappa shape index (κ1) is 22.7. The molecule has 1 N–H and O–H groups in total. The number of hydrogen-bond donors (Lipinski definition) is 1. The van der Waals surface area contributed by atoms with Gasteiger partial charge in [0.15, 0.2) is 6.29 Å². The first-order chi connectivity index (χ1) is 15.1.